The lowest BCUT2D eigenvalue weighted by atomic mass is 10.2. The molecule has 0 spiro atoms. The first-order valence-electron chi connectivity index (χ1n) is 6.15. The SMILES string of the molecule is Cc1nn(C)cc1CNC(=O)/C=C/c1ccc([N+](=O)[O-])o1. The molecule has 0 radical (unpaired) electrons. The molecule has 0 saturated heterocycles. The normalized spacial score (nSPS) is 11.0. The summed E-state index contributed by atoms with van der Waals surface area (Å²) in [6.07, 6.45) is 4.46. The van der Waals surface area contributed by atoms with Gasteiger partial charge in [-0.25, -0.2) is 0 Å². The molecule has 110 valence electrons. The third-order valence-corrected chi connectivity index (χ3v) is 2.76. The summed E-state index contributed by atoms with van der Waals surface area (Å²) in [5, 5.41) is 17.3. The Morgan fingerprint density at radius 2 is 2.33 bits per heavy atom. The van der Waals surface area contributed by atoms with E-state index in [2.05, 4.69) is 10.4 Å². The maximum atomic E-state index is 11.6. The first kappa shape index (κ1) is 14.5. The number of furan rings is 1. The van der Waals surface area contributed by atoms with E-state index < -0.39 is 4.92 Å². The largest absolute Gasteiger partial charge is 0.433 e. The number of aromatic nitrogens is 2. The van der Waals surface area contributed by atoms with Gasteiger partial charge in [-0.3, -0.25) is 19.6 Å². The number of hydrogen-bond acceptors (Lipinski definition) is 5. The van der Waals surface area contributed by atoms with Crippen LogP contribution in [0.25, 0.3) is 6.08 Å². The minimum atomic E-state index is -0.636. The highest BCUT2D eigenvalue weighted by atomic mass is 16.6. The Hall–Kier alpha value is -2.90. The summed E-state index contributed by atoms with van der Waals surface area (Å²) in [5.74, 6) is -0.437. The third kappa shape index (κ3) is 3.78. The Labute approximate surface area is 120 Å². The molecule has 2 aromatic rings. The van der Waals surface area contributed by atoms with Gasteiger partial charge >= 0.3 is 5.88 Å². The number of rotatable bonds is 5. The predicted molar refractivity (Wildman–Crippen MR) is 74.2 cm³/mol. The van der Waals surface area contributed by atoms with Crippen molar-refractivity contribution in [1.82, 2.24) is 15.1 Å². The minimum absolute atomic E-state index is 0.245. The van der Waals surface area contributed by atoms with Gasteiger partial charge in [0.15, 0.2) is 0 Å². The Morgan fingerprint density at radius 1 is 1.57 bits per heavy atom. The number of hydrogen-bond donors (Lipinski definition) is 1. The molecule has 2 rings (SSSR count). The third-order valence-electron chi connectivity index (χ3n) is 2.76. The topological polar surface area (TPSA) is 103 Å². The molecule has 2 aromatic heterocycles. The van der Waals surface area contributed by atoms with Crippen molar-refractivity contribution >= 4 is 17.9 Å². The van der Waals surface area contributed by atoms with Crippen molar-refractivity contribution in [2.45, 2.75) is 13.5 Å². The fraction of sp³-hybridized carbons (Fsp3) is 0.231. The van der Waals surface area contributed by atoms with Crippen LogP contribution in [0.2, 0.25) is 0 Å². The number of nitro groups is 1. The molecule has 0 aromatic carbocycles. The van der Waals surface area contributed by atoms with Crippen LogP contribution >= 0.6 is 0 Å². The van der Waals surface area contributed by atoms with Crippen molar-refractivity contribution in [3.8, 4) is 0 Å². The minimum Gasteiger partial charge on any atom is -0.401 e. The average Bonchev–Trinajstić information content (AvgIpc) is 3.01. The zero-order chi connectivity index (χ0) is 15.4. The lowest BCUT2D eigenvalue weighted by molar-refractivity contribution is -0.402. The summed E-state index contributed by atoms with van der Waals surface area (Å²) >= 11 is 0. The smallest absolute Gasteiger partial charge is 0.401 e. The molecule has 1 N–H and O–H groups in total. The van der Waals surface area contributed by atoms with Crippen LogP contribution in [-0.2, 0) is 18.4 Å². The molecule has 0 bridgehead atoms. The highest BCUT2D eigenvalue weighted by molar-refractivity contribution is 5.91. The summed E-state index contributed by atoms with van der Waals surface area (Å²) in [5.41, 5.74) is 1.77. The van der Waals surface area contributed by atoms with Crippen LogP contribution in [0.3, 0.4) is 0 Å². The van der Waals surface area contributed by atoms with Gasteiger partial charge in [-0.15, -0.1) is 0 Å². The Morgan fingerprint density at radius 3 is 2.90 bits per heavy atom. The average molecular weight is 290 g/mol. The van der Waals surface area contributed by atoms with E-state index >= 15 is 0 Å². The van der Waals surface area contributed by atoms with E-state index in [4.69, 9.17) is 4.42 Å². The standard InChI is InChI=1S/C13H14N4O4/c1-9-10(8-16(2)15-9)7-14-12(18)5-3-11-4-6-13(21-11)17(19)20/h3-6,8H,7H2,1-2H3,(H,14,18)/b5-3+. The van der Waals surface area contributed by atoms with Gasteiger partial charge in [-0.1, -0.05) is 0 Å². The van der Waals surface area contributed by atoms with Gasteiger partial charge in [-0.05, 0) is 19.1 Å². The quantitative estimate of drug-likeness (QED) is 0.511. The highest BCUT2D eigenvalue weighted by Gasteiger charge is 2.10. The molecule has 0 saturated carbocycles. The molecule has 21 heavy (non-hydrogen) atoms. The molecule has 8 heteroatoms. The monoisotopic (exact) mass is 290 g/mol. The Kier molecular flexibility index (Phi) is 4.17. The van der Waals surface area contributed by atoms with E-state index in [1.165, 1.54) is 24.3 Å². The van der Waals surface area contributed by atoms with E-state index in [1.54, 1.807) is 4.68 Å². The van der Waals surface area contributed by atoms with Crippen molar-refractivity contribution in [2.24, 2.45) is 7.05 Å². The van der Waals surface area contributed by atoms with Gasteiger partial charge < -0.3 is 9.73 Å². The molecular weight excluding hydrogens is 276 g/mol. The number of amides is 1. The van der Waals surface area contributed by atoms with Crippen molar-refractivity contribution in [3.63, 3.8) is 0 Å². The molecule has 1 amide bonds. The van der Waals surface area contributed by atoms with Crippen molar-refractivity contribution < 1.29 is 14.1 Å². The Balaban J connectivity index is 1.90. The highest BCUT2D eigenvalue weighted by Crippen LogP contribution is 2.16. The molecule has 0 atom stereocenters. The fourth-order valence-corrected chi connectivity index (χ4v) is 1.75. The molecular formula is C13H14N4O4. The van der Waals surface area contributed by atoms with Gasteiger partial charge in [0.1, 0.15) is 10.7 Å². The zero-order valence-electron chi connectivity index (χ0n) is 11.6. The number of nitrogens with zero attached hydrogens (tertiary/aromatic N) is 3. The van der Waals surface area contributed by atoms with Crippen molar-refractivity contribution in [2.75, 3.05) is 0 Å². The van der Waals surface area contributed by atoms with Gasteiger partial charge in [0, 0.05) is 31.4 Å². The van der Waals surface area contributed by atoms with E-state index in [0.29, 0.717) is 6.54 Å². The molecule has 2 heterocycles. The number of carbonyl (C=O) groups excluding carboxylic acids is 1. The molecule has 0 fully saturated rings. The first-order valence-corrected chi connectivity index (χ1v) is 6.15. The van der Waals surface area contributed by atoms with Gasteiger partial charge in [-0.2, -0.15) is 5.10 Å². The molecule has 0 aliphatic heterocycles. The lowest BCUT2D eigenvalue weighted by Gasteiger charge is -1.99. The van der Waals surface area contributed by atoms with Crippen LogP contribution in [0.1, 0.15) is 17.0 Å². The van der Waals surface area contributed by atoms with Gasteiger partial charge in [0.05, 0.1) is 11.8 Å². The Bertz CT molecular complexity index is 699. The van der Waals surface area contributed by atoms with E-state index in [0.717, 1.165) is 11.3 Å². The van der Waals surface area contributed by atoms with Crippen LogP contribution in [0.4, 0.5) is 5.88 Å². The van der Waals surface area contributed by atoms with Crippen LogP contribution in [0, 0.1) is 17.0 Å². The molecule has 8 nitrogen and oxygen atoms in total. The first-order chi connectivity index (χ1) is 9.95. The van der Waals surface area contributed by atoms with Crippen molar-refractivity contribution in [3.05, 3.63) is 51.5 Å². The summed E-state index contributed by atoms with van der Waals surface area (Å²) < 4.78 is 6.58. The molecule has 0 unspecified atom stereocenters. The lowest BCUT2D eigenvalue weighted by Crippen LogP contribution is -2.20. The number of aryl methyl sites for hydroxylation is 2. The van der Waals surface area contributed by atoms with Gasteiger partial charge in [0.2, 0.25) is 5.91 Å². The van der Waals surface area contributed by atoms with E-state index in [-0.39, 0.29) is 17.6 Å². The summed E-state index contributed by atoms with van der Waals surface area (Å²) in [6.45, 7) is 2.22. The van der Waals surface area contributed by atoms with Crippen LogP contribution < -0.4 is 5.32 Å². The number of carbonyl (C=O) groups is 1. The second kappa shape index (κ2) is 6.04. The summed E-state index contributed by atoms with van der Waals surface area (Å²) in [4.78, 5) is 21.5. The summed E-state index contributed by atoms with van der Waals surface area (Å²) in [7, 11) is 1.81. The second-order valence-electron chi connectivity index (χ2n) is 4.40. The maximum absolute atomic E-state index is 11.6. The van der Waals surface area contributed by atoms with Gasteiger partial charge in [0.25, 0.3) is 0 Å². The second-order valence-corrected chi connectivity index (χ2v) is 4.40. The number of nitrogens with one attached hydrogen (secondary N) is 1. The molecule has 0 aliphatic rings. The van der Waals surface area contributed by atoms with Crippen LogP contribution in [0.5, 0.6) is 0 Å². The van der Waals surface area contributed by atoms with E-state index in [9.17, 15) is 14.9 Å². The maximum Gasteiger partial charge on any atom is 0.433 e. The molecule has 0 aliphatic carbocycles. The summed E-state index contributed by atoms with van der Waals surface area (Å²) in [6, 6.07) is 2.66. The van der Waals surface area contributed by atoms with Crippen molar-refractivity contribution in [1.29, 1.82) is 0 Å². The zero-order valence-corrected chi connectivity index (χ0v) is 11.6. The fourth-order valence-electron chi connectivity index (χ4n) is 1.75. The van der Waals surface area contributed by atoms with E-state index in [1.807, 2.05) is 20.2 Å². The van der Waals surface area contributed by atoms with Crippen LogP contribution in [-0.4, -0.2) is 20.6 Å². The predicted octanol–water partition coefficient (Wildman–Crippen LogP) is 1.56. The van der Waals surface area contributed by atoms with Crippen LogP contribution in [0.15, 0.2) is 28.8 Å².